The van der Waals surface area contributed by atoms with Gasteiger partial charge in [0.2, 0.25) is 0 Å². The summed E-state index contributed by atoms with van der Waals surface area (Å²) in [6.45, 7) is 0. The Balaban J connectivity index is 2.04. The van der Waals surface area contributed by atoms with Gasteiger partial charge in [-0.3, -0.25) is 0 Å². The van der Waals surface area contributed by atoms with Crippen LogP contribution in [0.25, 0.3) is 0 Å². The van der Waals surface area contributed by atoms with Gasteiger partial charge in [-0.1, -0.05) is 0 Å². The lowest BCUT2D eigenvalue weighted by atomic mass is 10.2. The SMILES string of the molecule is FC(F)(F)Oc1ccc(C=Nn2cnnc2)cc1. The maximum Gasteiger partial charge on any atom is 0.573 e. The van der Waals surface area contributed by atoms with Crippen molar-refractivity contribution in [2.45, 2.75) is 6.36 Å². The van der Waals surface area contributed by atoms with Gasteiger partial charge in [-0.05, 0) is 29.8 Å². The maximum atomic E-state index is 11.9. The van der Waals surface area contributed by atoms with Gasteiger partial charge in [0, 0.05) is 0 Å². The molecule has 0 bridgehead atoms. The van der Waals surface area contributed by atoms with Crippen LogP contribution in [0.2, 0.25) is 0 Å². The zero-order valence-corrected chi connectivity index (χ0v) is 8.87. The number of aromatic nitrogens is 3. The Hall–Kier alpha value is -2.38. The highest BCUT2D eigenvalue weighted by atomic mass is 19.4. The van der Waals surface area contributed by atoms with Crippen molar-refractivity contribution in [2.75, 3.05) is 0 Å². The summed E-state index contributed by atoms with van der Waals surface area (Å²) >= 11 is 0. The van der Waals surface area contributed by atoms with Crippen LogP contribution in [0, 0.1) is 0 Å². The molecule has 1 heterocycles. The third-order valence-corrected chi connectivity index (χ3v) is 1.86. The first-order valence-electron chi connectivity index (χ1n) is 4.78. The van der Waals surface area contributed by atoms with Crippen LogP contribution in [0.4, 0.5) is 13.2 Å². The Morgan fingerprint density at radius 1 is 1.11 bits per heavy atom. The largest absolute Gasteiger partial charge is 0.573 e. The molecule has 18 heavy (non-hydrogen) atoms. The quantitative estimate of drug-likeness (QED) is 0.790. The summed E-state index contributed by atoms with van der Waals surface area (Å²) in [7, 11) is 0. The molecular weight excluding hydrogens is 249 g/mol. The maximum absolute atomic E-state index is 11.9. The molecule has 2 rings (SSSR count). The van der Waals surface area contributed by atoms with Gasteiger partial charge in [0.15, 0.2) is 0 Å². The molecule has 8 heteroatoms. The van der Waals surface area contributed by atoms with Crippen LogP contribution in [-0.4, -0.2) is 27.5 Å². The molecule has 0 fully saturated rings. The Kier molecular flexibility index (Phi) is 3.26. The van der Waals surface area contributed by atoms with Crippen LogP contribution in [0.15, 0.2) is 42.0 Å². The van der Waals surface area contributed by atoms with Gasteiger partial charge >= 0.3 is 6.36 Å². The number of hydrogen-bond donors (Lipinski definition) is 0. The molecule has 0 spiro atoms. The molecular formula is C10H7F3N4O. The van der Waals surface area contributed by atoms with Crippen molar-refractivity contribution < 1.29 is 17.9 Å². The van der Waals surface area contributed by atoms with Gasteiger partial charge in [-0.2, -0.15) is 5.10 Å². The van der Waals surface area contributed by atoms with E-state index >= 15 is 0 Å². The Bertz CT molecular complexity index is 519. The molecule has 0 radical (unpaired) electrons. The molecule has 2 aromatic rings. The van der Waals surface area contributed by atoms with Gasteiger partial charge in [-0.25, -0.2) is 4.68 Å². The lowest BCUT2D eigenvalue weighted by Gasteiger charge is -2.08. The lowest BCUT2D eigenvalue weighted by Crippen LogP contribution is -2.17. The normalized spacial score (nSPS) is 11.9. The molecule has 0 aliphatic carbocycles. The first-order chi connectivity index (χ1) is 8.53. The highest BCUT2D eigenvalue weighted by Crippen LogP contribution is 2.22. The highest BCUT2D eigenvalue weighted by Gasteiger charge is 2.30. The van der Waals surface area contributed by atoms with E-state index in [-0.39, 0.29) is 5.75 Å². The molecule has 0 N–H and O–H groups in total. The average Bonchev–Trinajstić information content (AvgIpc) is 2.79. The van der Waals surface area contributed by atoms with E-state index in [2.05, 4.69) is 20.0 Å². The fraction of sp³-hybridized carbons (Fsp3) is 0.100. The minimum Gasteiger partial charge on any atom is -0.406 e. The number of hydrogen-bond acceptors (Lipinski definition) is 4. The molecule has 1 aromatic heterocycles. The molecule has 0 unspecified atom stereocenters. The van der Waals surface area contributed by atoms with E-state index in [1.165, 1.54) is 47.8 Å². The predicted molar refractivity (Wildman–Crippen MR) is 56.1 cm³/mol. The fourth-order valence-corrected chi connectivity index (χ4v) is 1.14. The van der Waals surface area contributed by atoms with E-state index in [9.17, 15) is 13.2 Å². The van der Waals surface area contributed by atoms with Crippen LogP contribution in [0.1, 0.15) is 5.56 Å². The van der Waals surface area contributed by atoms with E-state index in [1.54, 1.807) is 0 Å². The summed E-state index contributed by atoms with van der Waals surface area (Å²) in [5.74, 6) is -0.274. The van der Waals surface area contributed by atoms with Crippen molar-refractivity contribution >= 4 is 6.21 Å². The summed E-state index contributed by atoms with van der Waals surface area (Å²) in [6, 6.07) is 5.33. The molecule has 1 aromatic carbocycles. The summed E-state index contributed by atoms with van der Waals surface area (Å²) in [5.41, 5.74) is 0.623. The van der Waals surface area contributed by atoms with Crippen LogP contribution in [0.5, 0.6) is 5.75 Å². The Labute approximate surface area is 99.5 Å². The summed E-state index contributed by atoms with van der Waals surface area (Å²) in [5, 5.41) is 11.0. The molecule has 0 saturated carbocycles. The number of halogens is 3. The van der Waals surface area contributed by atoms with Crippen LogP contribution < -0.4 is 4.74 Å². The predicted octanol–water partition coefficient (Wildman–Crippen LogP) is 2.06. The number of ether oxygens (including phenoxy) is 1. The van der Waals surface area contributed by atoms with Gasteiger partial charge in [0.1, 0.15) is 18.4 Å². The first-order valence-corrected chi connectivity index (χ1v) is 4.78. The molecule has 0 aliphatic heterocycles. The van der Waals surface area contributed by atoms with Gasteiger partial charge in [-0.15, -0.1) is 23.4 Å². The van der Waals surface area contributed by atoms with Gasteiger partial charge < -0.3 is 4.74 Å². The number of benzene rings is 1. The Morgan fingerprint density at radius 3 is 2.28 bits per heavy atom. The van der Waals surface area contributed by atoms with Crippen molar-refractivity contribution in [3.8, 4) is 5.75 Å². The summed E-state index contributed by atoms with van der Waals surface area (Å²) < 4.78 is 40.8. The van der Waals surface area contributed by atoms with Crippen molar-refractivity contribution in [1.82, 2.24) is 14.9 Å². The third-order valence-electron chi connectivity index (χ3n) is 1.86. The highest BCUT2D eigenvalue weighted by molar-refractivity contribution is 5.79. The zero-order valence-electron chi connectivity index (χ0n) is 8.87. The smallest absolute Gasteiger partial charge is 0.406 e. The van der Waals surface area contributed by atoms with Crippen molar-refractivity contribution in [1.29, 1.82) is 0 Å². The summed E-state index contributed by atoms with van der Waals surface area (Å²) in [4.78, 5) is 0. The molecule has 94 valence electrons. The molecule has 5 nitrogen and oxygen atoms in total. The van der Waals surface area contributed by atoms with Crippen LogP contribution in [0.3, 0.4) is 0 Å². The second-order valence-corrected chi connectivity index (χ2v) is 3.20. The third kappa shape index (κ3) is 3.58. The minimum absolute atomic E-state index is 0.274. The van der Waals surface area contributed by atoms with E-state index in [0.717, 1.165) is 0 Å². The van der Waals surface area contributed by atoms with E-state index in [0.29, 0.717) is 5.56 Å². The Morgan fingerprint density at radius 2 is 1.72 bits per heavy atom. The average molecular weight is 256 g/mol. The molecule has 0 amide bonds. The topological polar surface area (TPSA) is 52.3 Å². The van der Waals surface area contributed by atoms with E-state index in [1.807, 2.05) is 0 Å². The molecule has 0 atom stereocenters. The van der Waals surface area contributed by atoms with Gasteiger partial charge in [0.25, 0.3) is 0 Å². The molecule has 0 saturated heterocycles. The monoisotopic (exact) mass is 256 g/mol. The summed E-state index contributed by atoms with van der Waals surface area (Å²) in [6.07, 6.45) is -0.450. The van der Waals surface area contributed by atoms with Crippen LogP contribution >= 0.6 is 0 Å². The number of alkyl halides is 3. The van der Waals surface area contributed by atoms with Crippen molar-refractivity contribution in [3.63, 3.8) is 0 Å². The van der Waals surface area contributed by atoms with E-state index in [4.69, 9.17) is 0 Å². The standard InChI is InChI=1S/C10H7F3N4O/c11-10(12,13)18-9-3-1-8(2-4-9)5-16-17-6-14-15-7-17/h1-7H. The number of rotatable bonds is 3. The minimum atomic E-state index is -4.68. The van der Waals surface area contributed by atoms with Gasteiger partial charge in [0.05, 0.1) is 6.21 Å². The van der Waals surface area contributed by atoms with Crippen molar-refractivity contribution in [2.24, 2.45) is 5.10 Å². The number of nitrogens with zero attached hydrogens (tertiary/aromatic N) is 4. The van der Waals surface area contributed by atoms with Crippen molar-refractivity contribution in [3.05, 3.63) is 42.5 Å². The molecule has 0 aliphatic rings. The zero-order chi connectivity index (χ0) is 13.0. The fourth-order valence-electron chi connectivity index (χ4n) is 1.14. The second-order valence-electron chi connectivity index (χ2n) is 3.20. The van der Waals surface area contributed by atoms with E-state index < -0.39 is 6.36 Å². The first kappa shape index (κ1) is 12.1. The van der Waals surface area contributed by atoms with Crippen LogP contribution in [-0.2, 0) is 0 Å². The lowest BCUT2D eigenvalue weighted by molar-refractivity contribution is -0.274. The second kappa shape index (κ2) is 4.86.